The second-order valence-corrected chi connectivity index (χ2v) is 7.44. The lowest BCUT2D eigenvalue weighted by Gasteiger charge is -2.22. The van der Waals surface area contributed by atoms with Crippen LogP contribution >= 0.6 is 23.4 Å². The van der Waals surface area contributed by atoms with E-state index in [-0.39, 0.29) is 11.2 Å². The lowest BCUT2D eigenvalue weighted by atomic mass is 10.1. The van der Waals surface area contributed by atoms with Gasteiger partial charge in [0.15, 0.2) is 0 Å². The molecule has 0 fully saturated rings. The molecule has 0 radical (unpaired) electrons. The van der Waals surface area contributed by atoms with Gasteiger partial charge in [-0.25, -0.2) is 0 Å². The molecule has 0 N–H and O–H groups in total. The Morgan fingerprint density at radius 3 is 2.44 bits per heavy atom. The molecule has 2 aromatic rings. The summed E-state index contributed by atoms with van der Waals surface area (Å²) < 4.78 is 10.6. The molecule has 0 saturated carbocycles. The largest absolute Gasteiger partial charge is 0.497 e. The standard InChI is InChI=1S/C19H22ClNO3S/c1-13(25-17-9-6-15(20)7-10-17)19(22)21(2)12-14-5-8-16(23-3)11-18(14)24-4/h5-11,13H,12H2,1-4H3/t13-/m1/s1. The predicted octanol–water partition coefficient (Wildman–Crippen LogP) is 4.50. The first kappa shape index (κ1) is 19.5. The van der Waals surface area contributed by atoms with E-state index in [1.54, 1.807) is 26.2 Å². The van der Waals surface area contributed by atoms with E-state index >= 15 is 0 Å². The highest BCUT2D eigenvalue weighted by atomic mass is 35.5. The molecule has 0 bridgehead atoms. The minimum Gasteiger partial charge on any atom is -0.497 e. The van der Waals surface area contributed by atoms with Crippen LogP contribution in [0.4, 0.5) is 0 Å². The first-order valence-corrected chi connectivity index (χ1v) is 9.08. The number of amides is 1. The molecule has 0 aliphatic carbocycles. The maximum atomic E-state index is 12.7. The van der Waals surface area contributed by atoms with Crippen LogP contribution in [0.5, 0.6) is 11.5 Å². The molecule has 1 amide bonds. The van der Waals surface area contributed by atoms with Gasteiger partial charge in [-0.05, 0) is 43.3 Å². The van der Waals surface area contributed by atoms with E-state index in [0.717, 1.165) is 16.2 Å². The van der Waals surface area contributed by atoms with Crippen molar-refractivity contribution in [3.63, 3.8) is 0 Å². The molecule has 25 heavy (non-hydrogen) atoms. The number of carbonyl (C=O) groups excluding carboxylic acids is 1. The third-order valence-electron chi connectivity index (χ3n) is 3.75. The molecule has 0 spiro atoms. The van der Waals surface area contributed by atoms with Gasteiger partial charge in [0.05, 0.1) is 19.5 Å². The first-order chi connectivity index (χ1) is 11.9. The smallest absolute Gasteiger partial charge is 0.235 e. The first-order valence-electron chi connectivity index (χ1n) is 7.82. The Hall–Kier alpha value is -1.85. The van der Waals surface area contributed by atoms with Crippen molar-refractivity contribution >= 4 is 29.3 Å². The summed E-state index contributed by atoms with van der Waals surface area (Å²) in [7, 11) is 5.02. The van der Waals surface area contributed by atoms with Crippen LogP contribution in [-0.2, 0) is 11.3 Å². The van der Waals surface area contributed by atoms with Crippen molar-refractivity contribution in [3.05, 3.63) is 53.1 Å². The van der Waals surface area contributed by atoms with Crippen molar-refractivity contribution in [2.45, 2.75) is 23.6 Å². The molecule has 2 aromatic carbocycles. The summed E-state index contributed by atoms with van der Waals surface area (Å²) in [5, 5.41) is 0.488. The monoisotopic (exact) mass is 379 g/mol. The summed E-state index contributed by atoms with van der Waals surface area (Å²) in [6, 6.07) is 13.1. The Bertz CT molecular complexity index is 721. The summed E-state index contributed by atoms with van der Waals surface area (Å²) in [6.07, 6.45) is 0. The van der Waals surface area contributed by atoms with Crippen molar-refractivity contribution in [2.24, 2.45) is 0 Å². The maximum Gasteiger partial charge on any atom is 0.235 e. The number of methoxy groups -OCH3 is 2. The van der Waals surface area contributed by atoms with Crippen LogP contribution in [0, 0.1) is 0 Å². The van der Waals surface area contributed by atoms with E-state index in [1.165, 1.54) is 11.8 Å². The number of nitrogens with zero attached hydrogens (tertiary/aromatic N) is 1. The molecule has 0 aliphatic heterocycles. The molecular weight excluding hydrogens is 358 g/mol. The second-order valence-electron chi connectivity index (χ2n) is 5.59. The molecule has 1 atom stereocenters. The van der Waals surface area contributed by atoms with Crippen molar-refractivity contribution in [2.75, 3.05) is 21.3 Å². The van der Waals surface area contributed by atoms with Gasteiger partial charge < -0.3 is 14.4 Å². The van der Waals surface area contributed by atoms with E-state index in [9.17, 15) is 4.79 Å². The average molecular weight is 380 g/mol. The van der Waals surface area contributed by atoms with Crippen LogP contribution in [0.25, 0.3) is 0 Å². The normalized spacial score (nSPS) is 11.7. The molecule has 0 heterocycles. The molecule has 0 aromatic heterocycles. The minimum atomic E-state index is -0.199. The molecule has 4 nitrogen and oxygen atoms in total. The summed E-state index contributed by atoms with van der Waals surface area (Å²) in [4.78, 5) is 15.4. The predicted molar refractivity (Wildman–Crippen MR) is 103 cm³/mol. The van der Waals surface area contributed by atoms with Crippen LogP contribution < -0.4 is 9.47 Å². The van der Waals surface area contributed by atoms with Gasteiger partial charge in [0, 0.05) is 35.1 Å². The van der Waals surface area contributed by atoms with Crippen LogP contribution in [0.2, 0.25) is 5.02 Å². The van der Waals surface area contributed by atoms with Gasteiger partial charge in [0.2, 0.25) is 5.91 Å². The Kier molecular flexibility index (Phi) is 7.02. The second kappa shape index (κ2) is 9.02. The quantitative estimate of drug-likeness (QED) is 0.664. The highest BCUT2D eigenvalue weighted by Gasteiger charge is 2.20. The number of halogens is 1. The summed E-state index contributed by atoms with van der Waals surface area (Å²) in [5.74, 6) is 1.48. The van der Waals surface area contributed by atoms with Gasteiger partial charge in [0.25, 0.3) is 0 Å². The van der Waals surface area contributed by atoms with Crippen molar-refractivity contribution < 1.29 is 14.3 Å². The van der Waals surface area contributed by atoms with Crippen molar-refractivity contribution in [1.82, 2.24) is 4.90 Å². The van der Waals surface area contributed by atoms with E-state index < -0.39 is 0 Å². The Morgan fingerprint density at radius 2 is 1.84 bits per heavy atom. The fraction of sp³-hybridized carbons (Fsp3) is 0.316. The maximum absolute atomic E-state index is 12.7. The Labute approximate surface area is 158 Å². The van der Waals surface area contributed by atoms with Crippen LogP contribution in [-0.4, -0.2) is 37.3 Å². The summed E-state index contributed by atoms with van der Waals surface area (Å²) in [6.45, 7) is 2.38. The van der Waals surface area contributed by atoms with Crippen LogP contribution in [0.1, 0.15) is 12.5 Å². The van der Waals surface area contributed by atoms with Crippen LogP contribution in [0.15, 0.2) is 47.4 Å². The van der Waals surface area contributed by atoms with Crippen molar-refractivity contribution in [1.29, 1.82) is 0 Å². The minimum absolute atomic E-state index is 0.0535. The summed E-state index contributed by atoms with van der Waals surface area (Å²) in [5.41, 5.74) is 0.933. The molecule has 134 valence electrons. The van der Waals surface area contributed by atoms with E-state index in [0.29, 0.717) is 17.3 Å². The Morgan fingerprint density at radius 1 is 1.16 bits per heavy atom. The van der Waals surface area contributed by atoms with E-state index in [4.69, 9.17) is 21.1 Å². The molecule has 2 rings (SSSR count). The molecular formula is C19H22ClNO3S. The summed E-state index contributed by atoms with van der Waals surface area (Å²) >= 11 is 7.41. The van der Waals surface area contributed by atoms with Gasteiger partial charge in [-0.1, -0.05) is 11.6 Å². The molecule has 0 aliphatic rings. The molecule has 0 unspecified atom stereocenters. The number of hydrogen-bond donors (Lipinski definition) is 0. The lowest BCUT2D eigenvalue weighted by Crippen LogP contribution is -2.32. The third-order valence-corrected chi connectivity index (χ3v) is 5.10. The van der Waals surface area contributed by atoms with E-state index in [1.807, 2.05) is 49.4 Å². The van der Waals surface area contributed by atoms with Gasteiger partial charge >= 0.3 is 0 Å². The van der Waals surface area contributed by atoms with Crippen molar-refractivity contribution in [3.8, 4) is 11.5 Å². The van der Waals surface area contributed by atoms with Gasteiger partial charge in [-0.15, -0.1) is 11.8 Å². The number of hydrogen-bond acceptors (Lipinski definition) is 4. The van der Waals surface area contributed by atoms with Crippen LogP contribution in [0.3, 0.4) is 0 Å². The zero-order chi connectivity index (χ0) is 18.4. The number of ether oxygens (including phenoxy) is 2. The number of carbonyl (C=O) groups is 1. The average Bonchev–Trinajstić information content (AvgIpc) is 2.63. The topological polar surface area (TPSA) is 38.8 Å². The van der Waals surface area contributed by atoms with E-state index in [2.05, 4.69) is 0 Å². The third kappa shape index (κ3) is 5.31. The lowest BCUT2D eigenvalue weighted by molar-refractivity contribution is -0.129. The molecule has 6 heteroatoms. The highest BCUT2D eigenvalue weighted by Crippen LogP contribution is 2.28. The zero-order valence-corrected chi connectivity index (χ0v) is 16.4. The number of rotatable bonds is 7. The fourth-order valence-electron chi connectivity index (χ4n) is 2.39. The Balaban J connectivity index is 2.03. The number of thioether (sulfide) groups is 1. The zero-order valence-electron chi connectivity index (χ0n) is 14.8. The highest BCUT2D eigenvalue weighted by molar-refractivity contribution is 8.00. The molecule has 0 saturated heterocycles. The SMILES string of the molecule is COc1ccc(CN(C)C(=O)[C@@H](C)Sc2ccc(Cl)cc2)c(OC)c1. The van der Waals surface area contributed by atoms with Gasteiger partial charge in [-0.3, -0.25) is 4.79 Å². The fourth-order valence-corrected chi connectivity index (χ4v) is 3.50. The van der Waals surface area contributed by atoms with Gasteiger partial charge in [-0.2, -0.15) is 0 Å². The van der Waals surface area contributed by atoms with Gasteiger partial charge in [0.1, 0.15) is 11.5 Å². The number of benzene rings is 2.